The Balaban J connectivity index is 3.01. The lowest BCUT2D eigenvalue weighted by atomic mass is 9.86. The third-order valence-corrected chi connectivity index (χ3v) is 4.05. The number of methoxy groups -OCH3 is 1. The van der Waals surface area contributed by atoms with Crippen LogP contribution in [0.2, 0.25) is 0 Å². The van der Waals surface area contributed by atoms with Crippen LogP contribution < -0.4 is 5.32 Å². The van der Waals surface area contributed by atoms with Gasteiger partial charge >= 0.3 is 5.97 Å². The molecule has 0 unspecified atom stereocenters. The Kier molecular flexibility index (Phi) is 5.93. The molecule has 1 N–H and O–H groups in total. The molecule has 6 nitrogen and oxygen atoms in total. The highest BCUT2D eigenvalue weighted by Crippen LogP contribution is 2.21. The molecule has 7 heteroatoms. The van der Waals surface area contributed by atoms with Gasteiger partial charge < -0.3 is 10.1 Å². The second-order valence-electron chi connectivity index (χ2n) is 6.57. The lowest BCUT2D eigenvalue weighted by Crippen LogP contribution is -2.49. The normalized spacial score (nSPS) is 13.3. The first kappa shape index (κ1) is 19.2. The predicted octanol–water partition coefficient (Wildman–Crippen LogP) is 1.55. The number of carbonyl (C=O) groups excluding carboxylic acids is 2. The van der Waals surface area contributed by atoms with Crippen LogP contribution in [0.5, 0.6) is 0 Å². The van der Waals surface area contributed by atoms with Crippen molar-refractivity contribution in [1.29, 1.82) is 0 Å². The van der Waals surface area contributed by atoms with Crippen LogP contribution in [-0.4, -0.2) is 39.7 Å². The summed E-state index contributed by atoms with van der Waals surface area (Å²) in [7, 11) is -1.93. The molecule has 128 valence electrons. The second-order valence-corrected chi connectivity index (χ2v) is 8.71. The molecule has 0 fully saturated rings. The molecular weight excluding hydrogens is 318 g/mol. The summed E-state index contributed by atoms with van der Waals surface area (Å²) in [5, 5.41) is 2.65. The minimum absolute atomic E-state index is 0.145. The molecule has 0 saturated heterocycles. The smallest absolute Gasteiger partial charge is 0.328 e. The highest BCUT2D eigenvalue weighted by molar-refractivity contribution is 7.89. The van der Waals surface area contributed by atoms with Crippen molar-refractivity contribution in [3.63, 3.8) is 0 Å². The number of ether oxygens (including phenoxy) is 1. The number of carbonyl (C=O) groups is 2. The van der Waals surface area contributed by atoms with Crippen LogP contribution >= 0.6 is 0 Å². The fraction of sp³-hybridized carbons (Fsp3) is 0.500. The van der Waals surface area contributed by atoms with Gasteiger partial charge in [0.1, 0.15) is 6.04 Å². The molecule has 1 aromatic rings. The summed E-state index contributed by atoms with van der Waals surface area (Å²) in [5.74, 6) is -1.13. The van der Waals surface area contributed by atoms with Crippen LogP contribution in [0.15, 0.2) is 24.3 Å². The van der Waals surface area contributed by atoms with Gasteiger partial charge in [0.15, 0.2) is 9.84 Å². The van der Waals surface area contributed by atoms with E-state index in [4.69, 9.17) is 4.74 Å². The Morgan fingerprint density at radius 1 is 1.26 bits per heavy atom. The van der Waals surface area contributed by atoms with Gasteiger partial charge in [-0.15, -0.1) is 0 Å². The Morgan fingerprint density at radius 3 is 2.35 bits per heavy atom. The average molecular weight is 341 g/mol. The van der Waals surface area contributed by atoms with Crippen LogP contribution in [0, 0.1) is 5.41 Å². The molecular formula is C16H23NO5S. The molecule has 0 aromatic heterocycles. The zero-order chi connectivity index (χ0) is 17.8. The summed E-state index contributed by atoms with van der Waals surface area (Å²) in [6.07, 6.45) is 1.13. The van der Waals surface area contributed by atoms with E-state index in [0.717, 1.165) is 6.26 Å². The molecule has 0 bridgehead atoms. The summed E-state index contributed by atoms with van der Waals surface area (Å²) in [6, 6.07) is 5.52. The van der Waals surface area contributed by atoms with Crippen molar-refractivity contribution in [1.82, 2.24) is 5.32 Å². The van der Waals surface area contributed by atoms with E-state index >= 15 is 0 Å². The van der Waals surface area contributed by atoms with Gasteiger partial charge in [0.2, 0.25) is 0 Å². The van der Waals surface area contributed by atoms with Gasteiger partial charge in [-0.1, -0.05) is 32.9 Å². The first-order valence-electron chi connectivity index (χ1n) is 7.09. The van der Waals surface area contributed by atoms with E-state index in [-0.39, 0.29) is 5.75 Å². The summed E-state index contributed by atoms with van der Waals surface area (Å²) in [6.45, 7) is 5.44. The van der Waals surface area contributed by atoms with Crippen molar-refractivity contribution >= 4 is 21.7 Å². The number of nitrogens with one attached hydrogen (secondary N) is 1. The summed E-state index contributed by atoms with van der Waals surface area (Å²) in [4.78, 5) is 24.2. The molecule has 23 heavy (non-hydrogen) atoms. The maximum atomic E-state index is 12.4. The molecule has 1 atom stereocenters. The number of hydrogen-bond donors (Lipinski definition) is 1. The quantitative estimate of drug-likeness (QED) is 0.821. The molecule has 1 rings (SSSR count). The standard InChI is InChI=1S/C16H23NO5S/c1-16(2,3)13(15(19)22-4)17-14(18)12-8-6-7-11(9-12)10-23(5,20)21/h6-9,13H,10H2,1-5H3,(H,17,18)/t13-/m1/s1. The van der Waals surface area contributed by atoms with Gasteiger partial charge in [-0.05, 0) is 23.1 Å². The third-order valence-electron chi connectivity index (χ3n) is 3.20. The van der Waals surface area contributed by atoms with Crippen molar-refractivity contribution in [2.75, 3.05) is 13.4 Å². The summed E-state index contributed by atoms with van der Waals surface area (Å²) < 4.78 is 27.4. The molecule has 0 radical (unpaired) electrons. The van der Waals surface area contributed by atoms with Crippen LogP contribution in [-0.2, 0) is 25.1 Å². The van der Waals surface area contributed by atoms with Crippen LogP contribution in [0.3, 0.4) is 0 Å². The second kappa shape index (κ2) is 7.12. The molecule has 0 saturated carbocycles. The van der Waals surface area contributed by atoms with E-state index in [1.807, 2.05) is 20.8 Å². The van der Waals surface area contributed by atoms with Gasteiger partial charge in [0, 0.05) is 11.8 Å². The van der Waals surface area contributed by atoms with E-state index in [0.29, 0.717) is 11.1 Å². The van der Waals surface area contributed by atoms with E-state index in [2.05, 4.69) is 5.32 Å². The number of benzene rings is 1. The largest absolute Gasteiger partial charge is 0.467 e. The number of sulfone groups is 1. The van der Waals surface area contributed by atoms with Crippen LogP contribution in [0.25, 0.3) is 0 Å². The maximum absolute atomic E-state index is 12.4. The lowest BCUT2D eigenvalue weighted by Gasteiger charge is -2.29. The van der Waals surface area contributed by atoms with Crippen molar-refractivity contribution in [3.8, 4) is 0 Å². The van der Waals surface area contributed by atoms with Crippen molar-refractivity contribution < 1.29 is 22.7 Å². The monoisotopic (exact) mass is 341 g/mol. The molecule has 1 aromatic carbocycles. The highest BCUT2D eigenvalue weighted by Gasteiger charge is 2.33. The molecule has 0 aliphatic carbocycles. The van der Waals surface area contributed by atoms with Crippen molar-refractivity contribution in [2.24, 2.45) is 5.41 Å². The van der Waals surface area contributed by atoms with Gasteiger partial charge in [-0.25, -0.2) is 13.2 Å². The van der Waals surface area contributed by atoms with Gasteiger partial charge in [0.05, 0.1) is 12.9 Å². The Morgan fingerprint density at radius 2 is 1.87 bits per heavy atom. The van der Waals surface area contributed by atoms with Crippen LogP contribution in [0.4, 0.5) is 0 Å². The van der Waals surface area contributed by atoms with E-state index in [9.17, 15) is 18.0 Å². The van der Waals surface area contributed by atoms with Gasteiger partial charge in [0.25, 0.3) is 5.91 Å². The fourth-order valence-electron chi connectivity index (χ4n) is 2.07. The fourth-order valence-corrected chi connectivity index (χ4v) is 2.85. The molecule has 0 spiro atoms. The Hall–Kier alpha value is -1.89. The number of rotatable bonds is 5. The SMILES string of the molecule is COC(=O)[C@@H](NC(=O)c1cccc(CS(C)(=O)=O)c1)C(C)(C)C. The predicted molar refractivity (Wildman–Crippen MR) is 87.7 cm³/mol. The maximum Gasteiger partial charge on any atom is 0.328 e. The van der Waals surface area contributed by atoms with Crippen LogP contribution in [0.1, 0.15) is 36.7 Å². The van der Waals surface area contributed by atoms with Gasteiger partial charge in [-0.3, -0.25) is 4.79 Å². The molecule has 0 aliphatic rings. The van der Waals surface area contributed by atoms with E-state index in [1.165, 1.54) is 13.2 Å². The zero-order valence-electron chi connectivity index (χ0n) is 14.0. The lowest BCUT2D eigenvalue weighted by molar-refractivity contribution is -0.145. The Labute approximate surface area is 137 Å². The molecule has 0 aliphatic heterocycles. The minimum Gasteiger partial charge on any atom is -0.467 e. The third kappa shape index (κ3) is 6.02. The topological polar surface area (TPSA) is 89.5 Å². The molecule has 1 amide bonds. The number of esters is 1. The molecule has 0 heterocycles. The average Bonchev–Trinajstić information content (AvgIpc) is 2.40. The number of hydrogen-bond acceptors (Lipinski definition) is 5. The van der Waals surface area contributed by atoms with Crippen molar-refractivity contribution in [3.05, 3.63) is 35.4 Å². The summed E-state index contributed by atoms with van der Waals surface area (Å²) >= 11 is 0. The number of amides is 1. The zero-order valence-corrected chi connectivity index (χ0v) is 14.9. The van der Waals surface area contributed by atoms with Gasteiger partial charge in [-0.2, -0.15) is 0 Å². The van der Waals surface area contributed by atoms with Crippen molar-refractivity contribution in [2.45, 2.75) is 32.6 Å². The first-order chi connectivity index (χ1) is 10.4. The Bertz CT molecular complexity index is 689. The highest BCUT2D eigenvalue weighted by atomic mass is 32.2. The van der Waals surface area contributed by atoms with E-state index in [1.54, 1.807) is 18.2 Å². The summed E-state index contributed by atoms with van der Waals surface area (Å²) in [5.41, 5.74) is 0.294. The minimum atomic E-state index is -3.19. The van der Waals surface area contributed by atoms with E-state index < -0.39 is 33.2 Å². The first-order valence-corrected chi connectivity index (χ1v) is 9.15.